The first-order chi connectivity index (χ1) is 9.63. The van der Waals surface area contributed by atoms with E-state index in [0.29, 0.717) is 17.8 Å². The molecule has 1 atom stereocenters. The zero-order valence-corrected chi connectivity index (χ0v) is 11.3. The van der Waals surface area contributed by atoms with Gasteiger partial charge in [0, 0.05) is 23.9 Å². The van der Waals surface area contributed by atoms with Crippen molar-refractivity contribution in [1.29, 1.82) is 0 Å². The van der Waals surface area contributed by atoms with E-state index in [1.807, 2.05) is 37.3 Å². The van der Waals surface area contributed by atoms with Gasteiger partial charge in [-0.05, 0) is 25.1 Å². The molecule has 0 fully saturated rings. The highest BCUT2D eigenvalue weighted by Crippen LogP contribution is 2.36. The number of ether oxygens (including phenoxy) is 1. The number of rotatable bonds is 2. The first-order valence-electron chi connectivity index (χ1n) is 6.68. The maximum atomic E-state index is 13.8. The van der Waals surface area contributed by atoms with Crippen LogP contribution in [0.15, 0.2) is 42.5 Å². The molecule has 0 radical (unpaired) electrons. The van der Waals surface area contributed by atoms with Crippen molar-refractivity contribution in [3.05, 3.63) is 53.8 Å². The van der Waals surface area contributed by atoms with E-state index in [1.165, 1.54) is 6.07 Å². The van der Waals surface area contributed by atoms with E-state index in [1.54, 1.807) is 6.07 Å². The summed E-state index contributed by atoms with van der Waals surface area (Å²) >= 11 is 0. The lowest BCUT2D eigenvalue weighted by Crippen LogP contribution is -2.38. The molecule has 1 unspecified atom stereocenters. The molecule has 4 heteroatoms. The van der Waals surface area contributed by atoms with Gasteiger partial charge >= 0.3 is 0 Å². The molecule has 2 aromatic rings. The Morgan fingerprint density at radius 2 is 2.10 bits per heavy atom. The van der Waals surface area contributed by atoms with Gasteiger partial charge in [-0.2, -0.15) is 0 Å². The summed E-state index contributed by atoms with van der Waals surface area (Å²) in [7, 11) is 0. The number of nitrogens with two attached hydrogens (primary N) is 1. The van der Waals surface area contributed by atoms with Gasteiger partial charge in [-0.25, -0.2) is 4.39 Å². The highest BCUT2D eigenvalue weighted by molar-refractivity contribution is 5.65. The third-order valence-electron chi connectivity index (χ3n) is 3.45. The number of nitrogens with zero attached hydrogens (tertiary/aromatic N) is 1. The molecule has 1 aliphatic rings. The normalized spacial score (nSPS) is 17.5. The minimum absolute atomic E-state index is 0.0519. The van der Waals surface area contributed by atoms with Crippen LogP contribution in [0.5, 0.6) is 5.75 Å². The Morgan fingerprint density at radius 3 is 2.90 bits per heavy atom. The summed E-state index contributed by atoms with van der Waals surface area (Å²) in [6.07, 6.45) is 0.0519. The maximum Gasteiger partial charge on any atom is 0.145 e. The van der Waals surface area contributed by atoms with E-state index in [9.17, 15) is 4.39 Å². The van der Waals surface area contributed by atoms with E-state index >= 15 is 0 Å². The summed E-state index contributed by atoms with van der Waals surface area (Å²) in [4.78, 5) is 2.13. The molecule has 3 nitrogen and oxygen atoms in total. The topological polar surface area (TPSA) is 38.5 Å². The van der Waals surface area contributed by atoms with Crippen molar-refractivity contribution in [2.24, 2.45) is 0 Å². The van der Waals surface area contributed by atoms with Gasteiger partial charge in [-0.3, -0.25) is 0 Å². The Labute approximate surface area is 117 Å². The molecule has 1 heterocycles. The van der Waals surface area contributed by atoms with Crippen LogP contribution in [-0.4, -0.2) is 12.6 Å². The standard InChI is InChI=1S/C16H17FN2O/c1-11-9-19(10-12-4-2-3-5-14(12)17)15-7-6-13(18)8-16(15)20-11/h2-8,11H,9-10,18H2,1H3. The molecule has 2 aromatic carbocycles. The van der Waals surface area contributed by atoms with E-state index in [4.69, 9.17) is 10.5 Å². The highest BCUT2D eigenvalue weighted by Gasteiger charge is 2.23. The summed E-state index contributed by atoms with van der Waals surface area (Å²) in [5.41, 5.74) is 8.10. The Morgan fingerprint density at radius 1 is 1.30 bits per heavy atom. The van der Waals surface area contributed by atoms with Gasteiger partial charge in [0.1, 0.15) is 17.7 Å². The van der Waals surface area contributed by atoms with Crippen molar-refractivity contribution in [2.45, 2.75) is 19.6 Å². The van der Waals surface area contributed by atoms with Crippen molar-refractivity contribution >= 4 is 11.4 Å². The van der Waals surface area contributed by atoms with Gasteiger partial charge in [-0.1, -0.05) is 18.2 Å². The van der Waals surface area contributed by atoms with E-state index in [2.05, 4.69) is 4.90 Å². The monoisotopic (exact) mass is 272 g/mol. The molecule has 0 spiro atoms. The average Bonchev–Trinajstić information content (AvgIpc) is 2.40. The van der Waals surface area contributed by atoms with Crippen LogP contribution < -0.4 is 15.4 Å². The van der Waals surface area contributed by atoms with Crippen molar-refractivity contribution < 1.29 is 9.13 Å². The number of fused-ring (bicyclic) bond motifs is 1. The van der Waals surface area contributed by atoms with Gasteiger partial charge in [0.15, 0.2) is 0 Å². The lowest BCUT2D eigenvalue weighted by molar-refractivity contribution is 0.212. The fourth-order valence-electron chi connectivity index (χ4n) is 2.53. The molecule has 104 valence electrons. The molecule has 20 heavy (non-hydrogen) atoms. The van der Waals surface area contributed by atoms with Gasteiger partial charge < -0.3 is 15.4 Å². The van der Waals surface area contributed by atoms with Crippen LogP contribution in [0.3, 0.4) is 0 Å². The van der Waals surface area contributed by atoms with Crippen LogP contribution in [0.1, 0.15) is 12.5 Å². The first kappa shape index (κ1) is 12.8. The summed E-state index contributed by atoms with van der Waals surface area (Å²) in [5, 5.41) is 0. The van der Waals surface area contributed by atoms with Crippen molar-refractivity contribution in [3.63, 3.8) is 0 Å². The second-order valence-corrected chi connectivity index (χ2v) is 5.13. The molecule has 0 saturated carbocycles. The zero-order valence-electron chi connectivity index (χ0n) is 11.3. The number of hydrogen-bond acceptors (Lipinski definition) is 3. The van der Waals surface area contributed by atoms with Crippen molar-refractivity contribution in [2.75, 3.05) is 17.2 Å². The molecule has 0 bridgehead atoms. The van der Waals surface area contributed by atoms with E-state index < -0.39 is 0 Å². The summed E-state index contributed by atoms with van der Waals surface area (Å²) in [5.74, 6) is 0.587. The van der Waals surface area contributed by atoms with Gasteiger partial charge in [0.25, 0.3) is 0 Å². The lowest BCUT2D eigenvalue weighted by Gasteiger charge is -2.35. The molecule has 1 aliphatic heterocycles. The number of nitrogen functional groups attached to an aromatic ring is 1. The minimum atomic E-state index is -0.177. The Kier molecular flexibility index (Phi) is 3.22. The van der Waals surface area contributed by atoms with Crippen molar-refractivity contribution in [3.8, 4) is 5.75 Å². The summed E-state index contributed by atoms with van der Waals surface area (Å²) in [6, 6.07) is 12.4. The molecular formula is C16H17FN2O. The fraction of sp³-hybridized carbons (Fsp3) is 0.250. The van der Waals surface area contributed by atoms with Crippen LogP contribution >= 0.6 is 0 Å². The predicted molar refractivity (Wildman–Crippen MR) is 78.4 cm³/mol. The highest BCUT2D eigenvalue weighted by atomic mass is 19.1. The fourth-order valence-corrected chi connectivity index (χ4v) is 2.53. The van der Waals surface area contributed by atoms with Crippen molar-refractivity contribution in [1.82, 2.24) is 0 Å². The van der Waals surface area contributed by atoms with Crippen LogP contribution in [0.2, 0.25) is 0 Å². The third-order valence-corrected chi connectivity index (χ3v) is 3.45. The minimum Gasteiger partial charge on any atom is -0.487 e. The molecule has 0 amide bonds. The summed E-state index contributed by atoms with van der Waals surface area (Å²) < 4.78 is 19.6. The Hall–Kier alpha value is -2.23. The Balaban J connectivity index is 1.93. The zero-order chi connectivity index (χ0) is 14.1. The Bertz CT molecular complexity index is 630. The molecule has 0 aromatic heterocycles. The van der Waals surface area contributed by atoms with Gasteiger partial charge in [0.2, 0.25) is 0 Å². The second-order valence-electron chi connectivity index (χ2n) is 5.13. The van der Waals surface area contributed by atoms with Crippen LogP contribution in [-0.2, 0) is 6.54 Å². The van der Waals surface area contributed by atoms with E-state index in [0.717, 1.165) is 18.0 Å². The smallest absolute Gasteiger partial charge is 0.145 e. The van der Waals surface area contributed by atoms with Crippen LogP contribution in [0.4, 0.5) is 15.8 Å². The second kappa shape index (κ2) is 5.04. The van der Waals surface area contributed by atoms with Gasteiger partial charge in [-0.15, -0.1) is 0 Å². The van der Waals surface area contributed by atoms with Crippen LogP contribution in [0, 0.1) is 5.82 Å². The third kappa shape index (κ3) is 2.41. The molecule has 0 saturated heterocycles. The number of halogens is 1. The molecule has 2 N–H and O–H groups in total. The lowest BCUT2D eigenvalue weighted by atomic mass is 10.1. The molecule has 0 aliphatic carbocycles. The number of benzene rings is 2. The quantitative estimate of drug-likeness (QED) is 0.853. The average molecular weight is 272 g/mol. The first-order valence-corrected chi connectivity index (χ1v) is 6.68. The molecule has 3 rings (SSSR count). The van der Waals surface area contributed by atoms with E-state index in [-0.39, 0.29) is 11.9 Å². The molecular weight excluding hydrogens is 255 g/mol. The van der Waals surface area contributed by atoms with Gasteiger partial charge in [0.05, 0.1) is 12.2 Å². The number of hydrogen-bond donors (Lipinski definition) is 1. The largest absolute Gasteiger partial charge is 0.487 e. The van der Waals surface area contributed by atoms with Crippen LogP contribution in [0.25, 0.3) is 0 Å². The predicted octanol–water partition coefficient (Wildman–Crippen LogP) is 3.20. The number of anilines is 2. The summed E-state index contributed by atoms with van der Waals surface area (Å²) in [6.45, 7) is 3.25. The maximum absolute atomic E-state index is 13.8. The SMILES string of the molecule is CC1CN(Cc2ccccc2F)c2ccc(N)cc2O1.